The molecule has 0 saturated carbocycles. The molecule has 0 aliphatic rings. The Morgan fingerprint density at radius 3 is 2.33 bits per heavy atom. The molecule has 0 aliphatic heterocycles. The van der Waals surface area contributed by atoms with Gasteiger partial charge in [-0.1, -0.05) is 30.3 Å². The number of hydrogen-bond donors (Lipinski definition) is 1. The SMILES string of the molecule is C[C@H](OC(=O)CCNC(=O)c1ccc([N+](=O)[O-])cc1)C(=O)N(C)Cc1ccccc1. The van der Waals surface area contributed by atoms with Crippen LogP contribution in [0.25, 0.3) is 0 Å². The number of amides is 2. The highest BCUT2D eigenvalue weighted by molar-refractivity contribution is 5.94. The highest BCUT2D eigenvalue weighted by Gasteiger charge is 2.21. The minimum absolute atomic E-state index is 0.00934. The number of benzene rings is 2. The van der Waals surface area contributed by atoms with Crippen LogP contribution in [0, 0.1) is 10.1 Å². The Hall–Kier alpha value is -3.75. The second kappa shape index (κ2) is 10.7. The topological polar surface area (TPSA) is 119 Å². The van der Waals surface area contributed by atoms with Crippen LogP contribution in [0.4, 0.5) is 5.69 Å². The minimum Gasteiger partial charge on any atom is -0.452 e. The van der Waals surface area contributed by atoms with E-state index in [2.05, 4.69) is 5.32 Å². The minimum atomic E-state index is -0.948. The first-order chi connectivity index (χ1) is 14.3. The van der Waals surface area contributed by atoms with Crippen molar-refractivity contribution in [2.45, 2.75) is 26.0 Å². The van der Waals surface area contributed by atoms with Crippen molar-refractivity contribution in [2.75, 3.05) is 13.6 Å². The number of carbonyl (C=O) groups excluding carboxylic acids is 3. The molecule has 0 aliphatic carbocycles. The molecule has 0 aromatic heterocycles. The molecule has 0 bridgehead atoms. The largest absolute Gasteiger partial charge is 0.452 e. The van der Waals surface area contributed by atoms with Crippen LogP contribution in [-0.4, -0.2) is 47.3 Å². The second-order valence-electron chi connectivity index (χ2n) is 6.62. The molecule has 158 valence electrons. The highest BCUT2D eigenvalue weighted by Crippen LogP contribution is 2.12. The van der Waals surface area contributed by atoms with Gasteiger partial charge < -0.3 is 15.0 Å². The van der Waals surface area contributed by atoms with Gasteiger partial charge in [-0.3, -0.25) is 24.5 Å². The van der Waals surface area contributed by atoms with Crippen molar-refractivity contribution in [1.82, 2.24) is 10.2 Å². The Bertz CT molecular complexity index is 899. The van der Waals surface area contributed by atoms with Crippen molar-refractivity contribution in [3.8, 4) is 0 Å². The van der Waals surface area contributed by atoms with Gasteiger partial charge in [0, 0.05) is 37.8 Å². The molecular weight excluding hydrogens is 390 g/mol. The standard InChI is InChI=1S/C21H23N3O6/c1-15(21(27)23(2)14-16-6-4-3-5-7-16)30-19(25)12-13-22-20(26)17-8-10-18(11-9-17)24(28)29/h3-11,15H,12-14H2,1-2H3,(H,22,26)/t15-/m0/s1. The number of likely N-dealkylation sites (N-methyl/N-ethyl adjacent to an activating group) is 1. The summed E-state index contributed by atoms with van der Waals surface area (Å²) in [6.07, 6.45) is -1.06. The van der Waals surface area contributed by atoms with E-state index in [1.165, 1.54) is 36.1 Å². The third-order valence-corrected chi connectivity index (χ3v) is 4.25. The molecule has 2 aromatic carbocycles. The summed E-state index contributed by atoms with van der Waals surface area (Å²) in [5.41, 5.74) is 1.08. The highest BCUT2D eigenvalue weighted by atomic mass is 16.6. The maximum atomic E-state index is 12.4. The van der Waals surface area contributed by atoms with Crippen LogP contribution in [0.5, 0.6) is 0 Å². The maximum Gasteiger partial charge on any atom is 0.308 e. The average Bonchev–Trinajstić information content (AvgIpc) is 2.73. The van der Waals surface area contributed by atoms with Gasteiger partial charge in [0.1, 0.15) is 0 Å². The van der Waals surface area contributed by atoms with Crippen LogP contribution in [0.1, 0.15) is 29.3 Å². The van der Waals surface area contributed by atoms with E-state index in [0.717, 1.165) is 5.56 Å². The molecule has 30 heavy (non-hydrogen) atoms. The lowest BCUT2D eigenvalue weighted by atomic mass is 10.2. The van der Waals surface area contributed by atoms with Gasteiger partial charge in [0.05, 0.1) is 11.3 Å². The van der Waals surface area contributed by atoms with Crippen LogP contribution in [0.3, 0.4) is 0 Å². The van der Waals surface area contributed by atoms with Gasteiger partial charge in [0.25, 0.3) is 17.5 Å². The summed E-state index contributed by atoms with van der Waals surface area (Å²) in [6.45, 7) is 1.90. The van der Waals surface area contributed by atoms with Crippen molar-refractivity contribution < 1.29 is 24.0 Å². The normalized spacial score (nSPS) is 11.3. The van der Waals surface area contributed by atoms with Crippen molar-refractivity contribution in [3.05, 3.63) is 75.8 Å². The van der Waals surface area contributed by atoms with Crippen molar-refractivity contribution in [3.63, 3.8) is 0 Å². The van der Waals surface area contributed by atoms with E-state index in [9.17, 15) is 24.5 Å². The molecule has 9 nitrogen and oxygen atoms in total. The van der Waals surface area contributed by atoms with Gasteiger partial charge in [0.2, 0.25) is 0 Å². The summed E-state index contributed by atoms with van der Waals surface area (Å²) in [6, 6.07) is 14.5. The monoisotopic (exact) mass is 413 g/mol. The van der Waals surface area contributed by atoms with Crippen LogP contribution >= 0.6 is 0 Å². The van der Waals surface area contributed by atoms with Gasteiger partial charge in [-0.05, 0) is 24.6 Å². The van der Waals surface area contributed by atoms with E-state index >= 15 is 0 Å². The Kier molecular flexibility index (Phi) is 8.04. The molecule has 2 aromatic rings. The Labute approximate surface area is 173 Å². The van der Waals surface area contributed by atoms with Crippen LogP contribution in [0.15, 0.2) is 54.6 Å². The van der Waals surface area contributed by atoms with Crippen LogP contribution in [0.2, 0.25) is 0 Å². The number of nitrogens with one attached hydrogen (secondary N) is 1. The Morgan fingerprint density at radius 2 is 1.73 bits per heavy atom. The maximum absolute atomic E-state index is 12.4. The molecule has 2 amide bonds. The number of nitro benzene ring substituents is 1. The fourth-order valence-electron chi connectivity index (χ4n) is 2.67. The summed E-state index contributed by atoms with van der Waals surface area (Å²) < 4.78 is 5.14. The predicted octanol–water partition coefficient (Wildman–Crippen LogP) is 2.31. The quantitative estimate of drug-likeness (QED) is 0.383. The van der Waals surface area contributed by atoms with Gasteiger partial charge in [-0.25, -0.2) is 0 Å². The number of carbonyl (C=O) groups is 3. The summed E-state index contributed by atoms with van der Waals surface area (Å²) in [5, 5.41) is 13.2. The molecule has 0 unspecified atom stereocenters. The predicted molar refractivity (Wildman–Crippen MR) is 109 cm³/mol. The molecule has 0 radical (unpaired) electrons. The van der Waals surface area contributed by atoms with E-state index in [-0.39, 0.29) is 30.1 Å². The Morgan fingerprint density at radius 1 is 1.10 bits per heavy atom. The smallest absolute Gasteiger partial charge is 0.308 e. The molecule has 2 rings (SSSR count). The number of esters is 1. The second-order valence-corrected chi connectivity index (χ2v) is 6.62. The van der Waals surface area contributed by atoms with E-state index in [1.807, 2.05) is 30.3 Å². The van der Waals surface area contributed by atoms with Crippen molar-refractivity contribution in [2.24, 2.45) is 0 Å². The molecule has 1 atom stereocenters. The molecule has 0 fully saturated rings. The molecule has 0 saturated heterocycles. The molecular formula is C21H23N3O6. The zero-order chi connectivity index (χ0) is 22.1. The third kappa shape index (κ3) is 6.69. The van der Waals surface area contributed by atoms with E-state index in [0.29, 0.717) is 6.54 Å². The number of non-ortho nitro benzene ring substituents is 1. The number of nitrogens with zero attached hydrogens (tertiary/aromatic N) is 2. The molecule has 0 spiro atoms. The number of hydrogen-bond acceptors (Lipinski definition) is 6. The summed E-state index contributed by atoms with van der Waals surface area (Å²) >= 11 is 0. The first kappa shape index (κ1) is 22.5. The van der Waals surface area contributed by atoms with E-state index < -0.39 is 22.9 Å². The molecule has 1 N–H and O–H groups in total. The van der Waals surface area contributed by atoms with E-state index in [1.54, 1.807) is 7.05 Å². The van der Waals surface area contributed by atoms with E-state index in [4.69, 9.17) is 4.74 Å². The molecule has 9 heteroatoms. The van der Waals surface area contributed by atoms with Gasteiger partial charge in [-0.15, -0.1) is 0 Å². The first-order valence-corrected chi connectivity index (χ1v) is 9.29. The summed E-state index contributed by atoms with van der Waals surface area (Å²) in [7, 11) is 1.63. The lowest BCUT2D eigenvalue weighted by Crippen LogP contribution is -2.37. The van der Waals surface area contributed by atoms with Crippen molar-refractivity contribution >= 4 is 23.5 Å². The fourth-order valence-corrected chi connectivity index (χ4v) is 2.67. The molecule has 0 heterocycles. The summed E-state index contributed by atoms with van der Waals surface area (Å²) in [5.74, 6) is -1.42. The zero-order valence-electron chi connectivity index (χ0n) is 16.7. The van der Waals surface area contributed by atoms with Crippen LogP contribution in [-0.2, 0) is 20.9 Å². The van der Waals surface area contributed by atoms with Gasteiger partial charge in [-0.2, -0.15) is 0 Å². The van der Waals surface area contributed by atoms with Crippen LogP contribution < -0.4 is 5.32 Å². The van der Waals surface area contributed by atoms with Gasteiger partial charge >= 0.3 is 5.97 Å². The lowest BCUT2D eigenvalue weighted by molar-refractivity contribution is -0.384. The third-order valence-electron chi connectivity index (χ3n) is 4.25. The average molecular weight is 413 g/mol. The van der Waals surface area contributed by atoms with Gasteiger partial charge in [0.15, 0.2) is 6.10 Å². The Balaban J connectivity index is 1.74. The van der Waals surface area contributed by atoms with Crippen molar-refractivity contribution in [1.29, 1.82) is 0 Å². The zero-order valence-corrected chi connectivity index (χ0v) is 16.7. The number of rotatable bonds is 9. The number of ether oxygens (including phenoxy) is 1. The first-order valence-electron chi connectivity index (χ1n) is 9.29. The summed E-state index contributed by atoms with van der Waals surface area (Å²) in [4.78, 5) is 47.9. The fraction of sp³-hybridized carbons (Fsp3) is 0.286. The lowest BCUT2D eigenvalue weighted by Gasteiger charge is -2.21. The number of nitro groups is 1.